The fourth-order valence-electron chi connectivity index (χ4n) is 1.13. The molecule has 0 aliphatic heterocycles. The fourth-order valence-corrected chi connectivity index (χ4v) is 1.42. The Hall–Kier alpha value is -1.13. The lowest BCUT2D eigenvalue weighted by atomic mass is 10.1. The van der Waals surface area contributed by atoms with Gasteiger partial charge in [0.15, 0.2) is 5.78 Å². The van der Waals surface area contributed by atoms with Crippen molar-refractivity contribution in [3.63, 3.8) is 0 Å². The predicted molar refractivity (Wildman–Crippen MR) is 57.5 cm³/mol. The van der Waals surface area contributed by atoms with Crippen molar-refractivity contribution in [2.45, 2.75) is 6.42 Å². The average molecular weight is 248 g/mol. The van der Waals surface area contributed by atoms with Gasteiger partial charge in [-0.3, -0.25) is 14.9 Å². The number of ketones is 1. The summed E-state index contributed by atoms with van der Waals surface area (Å²) in [4.78, 5) is 21.1. The summed E-state index contributed by atoms with van der Waals surface area (Å²) in [5.41, 5.74) is 0.177. The minimum Gasteiger partial charge on any atom is -0.298 e. The summed E-state index contributed by atoms with van der Waals surface area (Å²) >= 11 is 11.0. The Morgan fingerprint density at radius 3 is 2.67 bits per heavy atom. The van der Waals surface area contributed by atoms with Gasteiger partial charge in [-0.25, -0.2) is 0 Å². The maximum atomic E-state index is 11.1. The highest BCUT2D eigenvalue weighted by Crippen LogP contribution is 2.23. The molecule has 0 aliphatic rings. The standard InChI is InChI=1S/C9H7Cl2NO3/c10-5-8(13)4-6-3-7(11)1-2-9(6)12(14)15/h1-3H,4-5H2. The number of rotatable bonds is 4. The van der Waals surface area contributed by atoms with E-state index in [2.05, 4.69) is 0 Å². The molecule has 4 nitrogen and oxygen atoms in total. The van der Waals surface area contributed by atoms with Gasteiger partial charge in [-0.1, -0.05) is 11.6 Å². The van der Waals surface area contributed by atoms with E-state index >= 15 is 0 Å². The lowest BCUT2D eigenvalue weighted by Crippen LogP contribution is -2.06. The highest BCUT2D eigenvalue weighted by molar-refractivity contribution is 6.30. The molecule has 6 heteroatoms. The second kappa shape index (κ2) is 5.09. The SMILES string of the molecule is O=C(CCl)Cc1cc(Cl)ccc1[N+](=O)[O-]. The first-order chi connectivity index (χ1) is 7.04. The number of carbonyl (C=O) groups excluding carboxylic acids is 1. The van der Waals surface area contributed by atoms with Gasteiger partial charge in [-0.15, -0.1) is 11.6 Å². The van der Waals surface area contributed by atoms with Gasteiger partial charge >= 0.3 is 0 Å². The number of hydrogen-bond acceptors (Lipinski definition) is 3. The van der Waals surface area contributed by atoms with Gasteiger partial charge in [0.1, 0.15) is 0 Å². The summed E-state index contributed by atoms with van der Waals surface area (Å²) in [5.74, 6) is -0.439. The topological polar surface area (TPSA) is 60.2 Å². The normalized spacial score (nSPS) is 10.0. The fraction of sp³-hybridized carbons (Fsp3) is 0.222. The first kappa shape index (κ1) is 11.9. The van der Waals surface area contributed by atoms with Crippen molar-refractivity contribution < 1.29 is 9.72 Å². The quantitative estimate of drug-likeness (QED) is 0.467. The lowest BCUT2D eigenvalue weighted by Gasteiger charge is -2.01. The van der Waals surface area contributed by atoms with Gasteiger partial charge in [0.25, 0.3) is 5.69 Å². The molecule has 0 unspecified atom stereocenters. The summed E-state index contributed by atoms with van der Waals surface area (Å²) in [6.45, 7) is 0. The number of nitrogens with zero attached hydrogens (tertiary/aromatic N) is 1. The van der Waals surface area contributed by atoms with Crippen molar-refractivity contribution in [3.05, 3.63) is 38.9 Å². The molecular weight excluding hydrogens is 241 g/mol. The monoisotopic (exact) mass is 247 g/mol. The molecule has 0 heterocycles. The van der Waals surface area contributed by atoms with Gasteiger partial charge in [-0.05, 0) is 12.1 Å². The minimum atomic E-state index is -0.548. The summed E-state index contributed by atoms with van der Waals surface area (Å²) < 4.78 is 0. The van der Waals surface area contributed by atoms with Gasteiger partial charge in [-0.2, -0.15) is 0 Å². The van der Waals surface area contributed by atoms with Crippen LogP contribution in [0.3, 0.4) is 0 Å². The van der Waals surface area contributed by atoms with Crippen LogP contribution in [-0.4, -0.2) is 16.6 Å². The van der Waals surface area contributed by atoms with Gasteiger partial charge < -0.3 is 0 Å². The van der Waals surface area contributed by atoms with Crippen molar-refractivity contribution in [2.24, 2.45) is 0 Å². The molecule has 0 N–H and O–H groups in total. The summed E-state index contributed by atoms with van der Waals surface area (Å²) in [5, 5.41) is 11.0. The largest absolute Gasteiger partial charge is 0.298 e. The molecule has 1 aromatic carbocycles. The number of halogens is 2. The van der Waals surface area contributed by atoms with Crippen LogP contribution in [0.5, 0.6) is 0 Å². The van der Waals surface area contributed by atoms with Crippen LogP contribution in [-0.2, 0) is 11.2 Å². The number of alkyl halides is 1. The number of Topliss-reactive ketones (excluding diaryl/α,β-unsaturated/α-hetero) is 1. The second-order valence-corrected chi connectivity index (χ2v) is 3.58. The van der Waals surface area contributed by atoms with Crippen LogP contribution in [0.4, 0.5) is 5.69 Å². The van der Waals surface area contributed by atoms with Crippen LogP contribution in [0.1, 0.15) is 5.56 Å². The van der Waals surface area contributed by atoms with E-state index in [-0.39, 0.29) is 29.3 Å². The average Bonchev–Trinajstić information content (AvgIpc) is 2.17. The summed E-state index contributed by atoms with van der Waals surface area (Å²) in [7, 11) is 0. The zero-order valence-corrected chi connectivity index (χ0v) is 9.09. The van der Waals surface area contributed by atoms with Crippen LogP contribution in [0.25, 0.3) is 0 Å². The Labute approximate surface area is 95.9 Å². The molecule has 0 bridgehead atoms. The molecule has 0 radical (unpaired) electrons. The number of nitro groups is 1. The van der Waals surface area contributed by atoms with E-state index < -0.39 is 4.92 Å². The van der Waals surface area contributed by atoms with Gasteiger partial charge in [0, 0.05) is 23.1 Å². The highest BCUT2D eigenvalue weighted by atomic mass is 35.5. The van der Waals surface area contributed by atoms with Crippen LogP contribution in [0.15, 0.2) is 18.2 Å². The number of carbonyl (C=O) groups is 1. The van der Waals surface area contributed by atoms with E-state index in [0.717, 1.165) is 0 Å². The molecule has 0 saturated heterocycles. The zero-order chi connectivity index (χ0) is 11.4. The molecule has 0 spiro atoms. The minimum absolute atomic E-state index is 0.0691. The smallest absolute Gasteiger partial charge is 0.273 e. The molecule has 1 rings (SSSR count). The van der Waals surface area contributed by atoms with Crippen LogP contribution < -0.4 is 0 Å². The molecule has 15 heavy (non-hydrogen) atoms. The van der Waals surface area contributed by atoms with E-state index in [1.807, 2.05) is 0 Å². The van der Waals surface area contributed by atoms with Crippen LogP contribution in [0.2, 0.25) is 5.02 Å². The molecule has 0 amide bonds. The summed E-state index contributed by atoms with van der Waals surface area (Å²) in [6.07, 6.45) is -0.0691. The van der Waals surface area contributed by atoms with Crippen molar-refractivity contribution in [3.8, 4) is 0 Å². The maximum absolute atomic E-state index is 11.1. The van der Waals surface area contributed by atoms with Gasteiger partial charge in [0.2, 0.25) is 0 Å². The lowest BCUT2D eigenvalue weighted by molar-refractivity contribution is -0.385. The Balaban J connectivity index is 3.07. The van der Waals surface area contributed by atoms with Crippen molar-refractivity contribution in [2.75, 3.05) is 5.88 Å². The molecular formula is C9H7Cl2NO3. The Kier molecular flexibility index (Phi) is 4.05. The number of benzene rings is 1. The number of hydrogen-bond donors (Lipinski definition) is 0. The molecule has 0 saturated carbocycles. The van der Waals surface area contributed by atoms with E-state index in [1.54, 1.807) is 0 Å². The van der Waals surface area contributed by atoms with Crippen molar-refractivity contribution in [1.29, 1.82) is 0 Å². The van der Waals surface area contributed by atoms with Gasteiger partial charge in [0.05, 0.1) is 10.8 Å². The Bertz CT molecular complexity index is 406. The zero-order valence-electron chi connectivity index (χ0n) is 7.57. The first-order valence-electron chi connectivity index (χ1n) is 4.05. The highest BCUT2D eigenvalue weighted by Gasteiger charge is 2.16. The molecule has 0 aromatic heterocycles. The number of nitro benzene ring substituents is 1. The third-order valence-electron chi connectivity index (χ3n) is 1.77. The molecule has 0 aliphatic carbocycles. The van der Waals surface area contributed by atoms with Crippen LogP contribution >= 0.6 is 23.2 Å². The van der Waals surface area contributed by atoms with E-state index in [0.29, 0.717) is 5.02 Å². The molecule has 1 aromatic rings. The summed E-state index contributed by atoms with van der Waals surface area (Å²) in [6, 6.07) is 4.09. The maximum Gasteiger partial charge on any atom is 0.273 e. The van der Waals surface area contributed by atoms with Crippen molar-refractivity contribution >= 4 is 34.7 Å². The van der Waals surface area contributed by atoms with Crippen LogP contribution in [0, 0.1) is 10.1 Å². The molecule has 0 atom stereocenters. The first-order valence-corrected chi connectivity index (χ1v) is 4.96. The third-order valence-corrected chi connectivity index (χ3v) is 2.31. The van der Waals surface area contributed by atoms with E-state index in [4.69, 9.17) is 23.2 Å². The van der Waals surface area contributed by atoms with E-state index in [1.165, 1.54) is 18.2 Å². The Morgan fingerprint density at radius 2 is 2.13 bits per heavy atom. The third kappa shape index (κ3) is 3.18. The second-order valence-electron chi connectivity index (χ2n) is 2.88. The molecule has 80 valence electrons. The van der Waals surface area contributed by atoms with Crippen molar-refractivity contribution in [1.82, 2.24) is 0 Å². The molecule has 0 fully saturated rings. The van der Waals surface area contributed by atoms with E-state index in [9.17, 15) is 14.9 Å². The predicted octanol–water partition coefficient (Wildman–Crippen LogP) is 2.60. The Morgan fingerprint density at radius 1 is 1.47 bits per heavy atom.